The molecule has 1 saturated heterocycles. The summed E-state index contributed by atoms with van der Waals surface area (Å²) in [6.07, 6.45) is -0.108. The minimum atomic E-state index is -0.240. The Kier molecular flexibility index (Phi) is 4.50. The second-order valence-electron chi connectivity index (χ2n) is 4.15. The van der Waals surface area contributed by atoms with Gasteiger partial charge in [-0.15, -0.1) is 0 Å². The van der Waals surface area contributed by atoms with Gasteiger partial charge in [0.25, 0.3) is 0 Å². The molecule has 5 heteroatoms. The molecule has 1 heterocycles. The van der Waals surface area contributed by atoms with E-state index in [9.17, 15) is 4.39 Å². The first kappa shape index (κ1) is 13.0. The van der Waals surface area contributed by atoms with Crippen LogP contribution in [0.25, 0.3) is 0 Å². The van der Waals surface area contributed by atoms with Gasteiger partial charge in [0, 0.05) is 24.1 Å². The van der Waals surface area contributed by atoms with Crippen LogP contribution in [-0.2, 0) is 11.3 Å². The van der Waals surface area contributed by atoms with Crippen LogP contribution in [0.1, 0.15) is 5.56 Å². The van der Waals surface area contributed by atoms with Crippen LogP contribution in [-0.4, -0.2) is 42.4 Å². The first-order chi connectivity index (χ1) is 8.19. The standard InChI is InChI=1S/C12H15BrFNO2/c13-12-5-10(14)2-1-9(12)6-15-3-4-17-11(7-15)8-16/h1-2,5,11,16H,3-4,6-8H2. The number of benzene rings is 1. The number of halogens is 2. The summed E-state index contributed by atoms with van der Waals surface area (Å²) in [5, 5.41) is 9.06. The number of hydrogen-bond acceptors (Lipinski definition) is 3. The summed E-state index contributed by atoms with van der Waals surface area (Å²) in [7, 11) is 0. The molecule has 0 aromatic heterocycles. The van der Waals surface area contributed by atoms with E-state index in [2.05, 4.69) is 20.8 Å². The van der Waals surface area contributed by atoms with E-state index in [1.807, 2.05) is 0 Å². The van der Waals surface area contributed by atoms with Crippen molar-refractivity contribution in [2.75, 3.05) is 26.3 Å². The van der Waals surface area contributed by atoms with E-state index in [0.717, 1.165) is 23.1 Å². The minimum absolute atomic E-state index is 0.0427. The topological polar surface area (TPSA) is 32.7 Å². The fraction of sp³-hybridized carbons (Fsp3) is 0.500. The molecule has 0 bridgehead atoms. The lowest BCUT2D eigenvalue weighted by Gasteiger charge is -2.32. The number of morpholine rings is 1. The summed E-state index contributed by atoms with van der Waals surface area (Å²) < 4.78 is 19.1. The van der Waals surface area contributed by atoms with E-state index in [4.69, 9.17) is 9.84 Å². The van der Waals surface area contributed by atoms with Gasteiger partial charge in [0.15, 0.2) is 0 Å². The van der Waals surface area contributed by atoms with Gasteiger partial charge in [0.2, 0.25) is 0 Å². The molecule has 0 amide bonds. The molecule has 1 fully saturated rings. The third-order valence-electron chi connectivity index (χ3n) is 2.84. The Labute approximate surface area is 108 Å². The Morgan fingerprint density at radius 2 is 2.35 bits per heavy atom. The third kappa shape index (κ3) is 3.48. The van der Waals surface area contributed by atoms with Gasteiger partial charge >= 0.3 is 0 Å². The monoisotopic (exact) mass is 303 g/mol. The summed E-state index contributed by atoms with van der Waals surface area (Å²) in [4.78, 5) is 2.20. The predicted octanol–water partition coefficient (Wildman–Crippen LogP) is 1.78. The third-order valence-corrected chi connectivity index (χ3v) is 3.57. The number of aliphatic hydroxyl groups excluding tert-OH is 1. The summed E-state index contributed by atoms with van der Waals surface area (Å²) in [5.74, 6) is -0.240. The molecule has 1 atom stereocenters. The highest BCUT2D eigenvalue weighted by Gasteiger charge is 2.20. The normalized spacial score (nSPS) is 21.7. The van der Waals surface area contributed by atoms with E-state index in [1.165, 1.54) is 12.1 Å². The van der Waals surface area contributed by atoms with E-state index in [-0.39, 0.29) is 18.5 Å². The fourth-order valence-corrected chi connectivity index (χ4v) is 2.40. The zero-order chi connectivity index (χ0) is 12.3. The molecule has 1 aromatic carbocycles. The number of hydrogen-bond donors (Lipinski definition) is 1. The number of aliphatic hydroxyl groups is 1. The smallest absolute Gasteiger partial charge is 0.124 e. The van der Waals surface area contributed by atoms with E-state index < -0.39 is 0 Å². The Morgan fingerprint density at radius 1 is 1.53 bits per heavy atom. The maximum Gasteiger partial charge on any atom is 0.124 e. The van der Waals surface area contributed by atoms with Crippen LogP contribution >= 0.6 is 15.9 Å². The summed E-state index contributed by atoms with van der Waals surface area (Å²) in [6, 6.07) is 4.71. The number of rotatable bonds is 3. The summed E-state index contributed by atoms with van der Waals surface area (Å²) >= 11 is 3.36. The van der Waals surface area contributed by atoms with Crippen molar-refractivity contribution in [2.45, 2.75) is 12.6 Å². The molecule has 1 N–H and O–H groups in total. The van der Waals surface area contributed by atoms with Crippen molar-refractivity contribution in [3.63, 3.8) is 0 Å². The Hall–Kier alpha value is -0.490. The van der Waals surface area contributed by atoms with E-state index in [1.54, 1.807) is 6.07 Å². The largest absolute Gasteiger partial charge is 0.394 e. The second-order valence-corrected chi connectivity index (χ2v) is 5.00. The van der Waals surface area contributed by atoms with Crippen LogP contribution in [0.5, 0.6) is 0 Å². The van der Waals surface area contributed by atoms with Gasteiger partial charge in [-0.2, -0.15) is 0 Å². The van der Waals surface area contributed by atoms with Gasteiger partial charge in [-0.1, -0.05) is 22.0 Å². The molecule has 0 spiro atoms. The van der Waals surface area contributed by atoms with Gasteiger partial charge in [-0.3, -0.25) is 4.90 Å². The minimum Gasteiger partial charge on any atom is -0.394 e. The molecule has 1 aromatic rings. The van der Waals surface area contributed by atoms with Crippen LogP contribution in [0.2, 0.25) is 0 Å². The molecular formula is C12H15BrFNO2. The zero-order valence-corrected chi connectivity index (χ0v) is 11.0. The molecule has 17 heavy (non-hydrogen) atoms. The van der Waals surface area contributed by atoms with Crippen LogP contribution in [0.4, 0.5) is 4.39 Å². The molecule has 1 unspecified atom stereocenters. The van der Waals surface area contributed by atoms with Crippen LogP contribution in [0, 0.1) is 5.82 Å². The van der Waals surface area contributed by atoms with Crippen molar-refractivity contribution in [1.29, 1.82) is 0 Å². The Bertz CT molecular complexity index is 389. The highest BCUT2D eigenvalue weighted by molar-refractivity contribution is 9.10. The van der Waals surface area contributed by atoms with Gasteiger partial charge in [-0.05, 0) is 17.7 Å². The van der Waals surface area contributed by atoms with Gasteiger partial charge in [0.1, 0.15) is 5.82 Å². The average Bonchev–Trinajstić information content (AvgIpc) is 2.33. The Balaban J connectivity index is 2.00. The van der Waals surface area contributed by atoms with Crippen molar-refractivity contribution in [2.24, 2.45) is 0 Å². The highest BCUT2D eigenvalue weighted by atomic mass is 79.9. The average molecular weight is 304 g/mol. The molecule has 2 rings (SSSR count). The van der Waals surface area contributed by atoms with Crippen molar-refractivity contribution in [3.8, 4) is 0 Å². The maximum atomic E-state index is 12.9. The quantitative estimate of drug-likeness (QED) is 0.924. The van der Waals surface area contributed by atoms with E-state index >= 15 is 0 Å². The number of nitrogens with zero attached hydrogens (tertiary/aromatic N) is 1. The van der Waals surface area contributed by atoms with Crippen molar-refractivity contribution < 1.29 is 14.2 Å². The molecular weight excluding hydrogens is 289 g/mol. The van der Waals surface area contributed by atoms with Crippen LogP contribution in [0.15, 0.2) is 22.7 Å². The highest BCUT2D eigenvalue weighted by Crippen LogP contribution is 2.20. The summed E-state index contributed by atoms with van der Waals surface area (Å²) in [5.41, 5.74) is 1.05. The van der Waals surface area contributed by atoms with Gasteiger partial charge in [-0.25, -0.2) is 4.39 Å². The van der Waals surface area contributed by atoms with Gasteiger partial charge in [0.05, 0.1) is 19.3 Å². The molecule has 1 aliphatic rings. The molecule has 1 aliphatic heterocycles. The SMILES string of the molecule is OCC1CN(Cc2ccc(F)cc2Br)CCO1. The van der Waals surface area contributed by atoms with Gasteiger partial charge < -0.3 is 9.84 Å². The van der Waals surface area contributed by atoms with Crippen LogP contribution < -0.4 is 0 Å². The van der Waals surface area contributed by atoms with Crippen molar-refractivity contribution in [1.82, 2.24) is 4.90 Å². The zero-order valence-electron chi connectivity index (χ0n) is 9.40. The fourth-order valence-electron chi connectivity index (χ4n) is 1.93. The van der Waals surface area contributed by atoms with Crippen molar-refractivity contribution in [3.05, 3.63) is 34.1 Å². The predicted molar refractivity (Wildman–Crippen MR) is 66.2 cm³/mol. The van der Waals surface area contributed by atoms with E-state index in [0.29, 0.717) is 13.2 Å². The molecule has 3 nitrogen and oxygen atoms in total. The van der Waals surface area contributed by atoms with Crippen LogP contribution in [0.3, 0.4) is 0 Å². The summed E-state index contributed by atoms with van der Waals surface area (Å²) in [6.45, 7) is 2.95. The molecule has 0 radical (unpaired) electrons. The first-order valence-corrected chi connectivity index (χ1v) is 6.37. The molecule has 94 valence electrons. The lowest BCUT2D eigenvalue weighted by molar-refractivity contribution is -0.0551. The first-order valence-electron chi connectivity index (χ1n) is 5.58. The Morgan fingerprint density at radius 3 is 3.06 bits per heavy atom. The maximum absolute atomic E-state index is 12.9. The lowest BCUT2D eigenvalue weighted by atomic mass is 10.2. The second kappa shape index (κ2) is 5.91. The lowest BCUT2D eigenvalue weighted by Crippen LogP contribution is -2.43. The number of ether oxygens (including phenoxy) is 1. The van der Waals surface area contributed by atoms with Crippen molar-refractivity contribution >= 4 is 15.9 Å². The molecule has 0 saturated carbocycles. The molecule has 0 aliphatic carbocycles.